The highest BCUT2D eigenvalue weighted by atomic mass is 28.3. The first kappa shape index (κ1) is 19.1. The monoisotopic (exact) mass is 320 g/mol. The maximum Gasteiger partial charge on any atom is 0.305 e. The molecule has 0 aromatic heterocycles. The van der Waals surface area contributed by atoms with Crippen molar-refractivity contribution in [3.63, 3.8) is 0 Å². The van der Waals surface area contributed by atoms with Crippen molar-refractivity contribution in [1.29, 1.82) is 0 Å². The molecule has 3 nitrogen and oxygen atoms in total. The normalized spacial score (nSPS) is 16.1. The van der Waals surface area contributed by atoms with Crippen LogP contribution in [0.2, 0.25) is 16.6 Å². The highest BCUT2D eigenvalue weighted by Gasteiger charge is 2.55. The molecule has 0 aromatic rings. The van der Waals surface area contributed by atoms with Crippen molar-refractivity contribution in [2.24, 2.45) is 0 Å². The SMILES string of the molecule is CC(C)[Si](C(=[N+]=[N-])C(=O)C=C1CCCCC1)(C(C)C)C(C)C. The van der Waals surface area contributed by atoms with E-state index in [1.54, 1.807) is 6.08 Å². The van der Waals surface area contributed by atoms with Crippen LogP contribution in [0.15, 0.2) is 11.6 Å². The standard InChI is InChI=1S/C18H32N2OSi/c1-13(2)22(14(3)4,15(5)6)18(20-19)17(21)12-16-10-8-7-9-11-16/h12-15H,7-11H2,1-6H3. The molecule has 1 rings (SSSR count). The van der Waals surface area contributed by atoms with Crippen LogP contribution in [0, 0.1) is 0 Å². The summed E-state index contributed by atoms with van der Waals surface area (Å²) in [4.78, 5) is 16.4. The molecule has 0 unspecified atom stereocenters. The van der Waals surface area contributed by atoms with Crippen LogP contribution >= 0.6 is 0 Å². The molecule has 1 fully saturated rings. The maximum absolute atomic E-state index is 12.9. The van der Waals surface area contributed by atoms with E-state index in [0.29, 0.717) is 22.0 Å². The zero-order chi connectivity index (χ0) is 16.9. The fraction of sp³-hybridized carbons (Fsp3) is 0.778. The molecule has 0 radical (unpaired) electrons. The number of carbonyl (C=O) groups is 1. The van der Waals surface area contributed by atoms with E-state index in [9.17, 15) is 10.3 Å². The Kier molecular flexibility index (Phi) is 6.95. The summed E-state index contributed by atoms with van der Waals surface area (Å²) in [5.41, 5.74) is 12.0. The molecule has 0 amide bonds. The first-order valence-electron chi connectivity index (χ1n) is 8.74. The van der Waals surface area contributed by atoms with E-state index in [1.807, 2.05) is 0 Å². The summed E-state index contributed by atoms with van der Waals surface area (Å²) >= 11 is 0. The number of allylic oxidation sites excluding steroid dienone is 2. The van der Waals surface area contributed by atoms with E-state index in [2.05, 4.69) is 46.3 Å². The molecule has 0 bridgehead atoms. The van der Waals surface area contributed by atoms with Gasteiger partial charge in [-0.2, -0.15) is 4.79 Å². The molecule has 1 aliphatic carbocycles. The quantitative estimate of drug-likeness (QED) is 0.214. The molecule has 0 spiro atoms. The topological polar surface area (TPSA) is 53.5 Å². The van der Waals surface area contributed by atoms with Crippen LogP contribution in [0.3, 0.4) is 0 Å². The average Bonchev–Trinajstić information content (AvgIpc) is 2.43. The van der Waals surface area contributed by atoms with E-state index in [-0.39, 0.29) is 5.78 Å². The second-order valence-corrected chi connectivity index (χ2v) is 13.4. The number of ketones is 1. The minimum atomic E-state index is -2.20. The number of hydrogen-bond donors (Lipinski definition) is 0. The molecule has 124 valence electrons. The van der Waals surface area contributed by atoms with Gasteiger partial charge in [0.1, 0.15) is 0 Å². The Morgan fingerprint density at radius 2 is 1.45 bits per heavy atom. The van der Waals surface area contributed by atoms with Crippen molar-refractivity contribution in [1.82, 2.24) is 0 Å². The van der Waals surface area contributed by atoms with E-state index in [4.69, 9.17) is 0 Å². The van der Waals surface area contributed by atoms with Gasteiger partial charge in [0.2, 0.25) is 8.07 Å². The van der Waals surface area contributed by atoms with Gasteiger partial charge in [0, 0.05) is 0 Å². The summed E-state index contributed by atoms with van der Waals surface area (Å²) in [6, 6.07) is 0. The van der Waals surface area contributed by atoms with Gasteiger partial charge in [-0.05, 0) is 48.4 Å². The average molecular weight is 321 g/mol. The molecule has 0 N–H and O–H groups in total. The smallest absolute Gasteiger partial charge is 0.305 e. The van der Waals surface area contributed by atoms with Crippen LogP contribution in [0.5, 0.6) is 0 Å². The third-order valence-corrected chi connectivity index (χ3v) is 12.3. The van der Waals surface area contributed by atoms with E-state index >= 15 is 0 Å². The van der Waals surface area contributed by atoms with Crippen LogP contribution in [0.4, 0.5) is 0 Å². The van der Waals surface area contributed by atoms with Crippen LogP contribution in [0.1, 0.15) is 73.6 Å². The van der Waals surface area contributed by atoms with E-state index < -0.39 is 8.07 Å². The Labute approximate surface area is 136 Å². The van der Waals surface area contributed by atoms with E-state index in [0.717, 1.165) is 12.8 Å². The summed E-state index contributed by atoms with van der Waals surface area (Å²) < 4.78 is 0. The number of carbonyl (C=O) groups excluding carboxylic acids is 1. The van der Waals surface area contributed by atoms with Crippen molar-refractivity contribution in [3.05, 3.63) is 17.2 Å². The van der Waals surface area contributed by atoms with Crippen LogP contribution < -0.4 is 0 Å². The van der Waals surface area contributed by atoms with Gasteiger partial charge in [0.25, 0.3) is 5.78 Å². The lowest BCUT2D eigenvalue weighted by molar-refractivity contribution is -0.112. The van der Waals surface area contributed by atoms with Crippen LogP contribution in [-0.4, -0.2) is 24.0 Å². The van der Waals surface area contributed by atoms with Crippen molar-refractivity contribution in [3.8, 4) is 0 Å². The number of rotatable bonds is 6. The van der Waals surface area contributed by atoms with Gasteiger partial charge in [-0.25, -0.2) is 0 Å². The van der Waals surface area contributed by atoms with Crippen molar-refractivity contribution < 1.29 is 9.58 Å². The first-order valence-corrected chi connectivity index (χ1v) is 11.0. The predicted molar refractivity (Wildman–Crippen MR) is 95.8 cm³/mol. The molecule has 0 saturated heterocycles. The van der Waals surface area contributed by atoms with Crippen LogP contribution in [0.25, 0.3) is 5.53 Å². The molecule has 0 heterocycles. The zero-order valence-electron chi connectivity index (χ0n) is 15.1. The second kappa shape index (κ2) is 8.03. The first-order chi connectivity index (χ1) is 10.3. The predicted octanol–water partition coefficient (Wildman–Crippen LogP) is 5.33. The third kappa shape index (κ3) is 3.67. The summed E-state index contributed by atoms with van der Waals surface area (Å²) in [5.74, 6) is -0.0397. The zero-order valence-corrected chi connectivity index (χ0v) is 16.1. The van der Waals surface area contributed by atoms with Crippen LogP contribution in [-0.2, 0) is 4.79 Å². The molecule has 22 heavy (non-hydrogen) atoms. The lowest BCUT2D eigenvalue weighted by atomic mass is 9.94. The molecule has 0 aliphatic heterocycles. The van der Waals surface area contributed by atoms with Gasteiger partial charge < -0.3 is 5.53 Å². The minimum absolute atomic E-state index is 0.0397. The minimum Gasteiger partial charge on any atom is -0.362 e. The second-order valence-electron chi connectivity index (χ2n) is 7.57. The van der Waals surface area contributed by atoms with Gasteiger partial charge in [-0.15, -0.1) is 0 Å². The maximum atomic E-state index is 12.9. The highest BCUT2D eigenvalue weighted by Crippen LogP contribution is 2.42. The Morgan fingerprint density at radius 3 is 1.82 bits per heavy atom. The summed E-state index contributed by atoms with van der Waals surface area (Å²) in [5, 5.41) is 0.477. The van der Waals surface area contributed by atoms with Crippen molar-refractivity contribution in [2.45, 2.75) is 90.3 Å². The molecule has 0 atom stereocenters. The summed E-state index contributed by atoms with van der Waals surface area (Å²) in [6.45, 7) is 13.1. The van der Waals surface area contributed by atoms with Gasteiger partial charge in [0.05, 0.1) is 0 Å². The Hall–Kier alpha value is -0.993. The Morgan fingerprint density at radius 1 is 1.00 bits per heavy atom. The Bertz CT molecular complexity index is 456. The third-order valence-electron chi connectivity index (χ3n) is 5.44. The van der Waals surface area contributed by atoms with E-state index in [1.165, 1.54) is 24.8 Å². The lowest BCUT2D eigenvalue weighted by Crippen LogP contribution is -2.56. The largest absolute Gasteiger partial charge is 0.362 e. The molecule has 1 saturated carbocycles. The van der Waals surface area contributed by atoms with Gasteiger partial charge in [-0.1, -0.05) is 53.5 Å². The molecular weight excluding hydrogens is 288 g/mol. The molecule has 4 heteroatoms. The summed E-state index contributed by atoms with van der Waals surface area (Å²) in [7, 11) is -2.20. The summed E-state index contributed by atoms with van der Waals surface area (Å²) in [6.07, 6.45) is 7.42. The fourth-order valence-corrected chi connectivity index (χ4v) is 10.9. The fourth-order valence-electron chi connectivity index (χ4n) is 4.57. The Balaban J connectivity index is 3.26. The molecule has 0 aromatic carbocycles. The number of nitrogens with zero attached hydrogens (tertiary/aromatic N) is 2. The highest BCUT2D eigenvalue weighted by molar-refractivity contribution is 7.16. The lowest BCUT2D eigenvalue weighted by Gasteiger charge is -2.37. The number of hydrogen-bond acceptors (Lipinski definition) is 1. The van der Waals surface area contributed by atoms with Gasteiger partial charge >= 0.3 is 5.33 Å². The molecule has 1 aliphatic rings. The van der Waals surface area contributed by atoms with Gasteiger partial charge in [0.15, 0.2) is 0 Å². The van der Waals surface area contributed by atoms with Gasteiger partial charge in [-0.3, -0.25) is 4.79 Å². The van der Waals surface area contributed by atoms with Crippen molar-refractivity contribution in [2.75, 3.05) is 0 Å². The molecular formula is C18H32N2OSi. The van der Waals surface area contributed by atoms with Crippen molar-refractivity contribution >= 4 is 19.2 Å².